The molecule has 1 N–H and O–H groups in total. The van der Waals surface area contributed by atoms with E-state index in [1.54, 1.807) is 17.0 Å². The topological polar surface area (TPSA) is 87.2 Å². The van der Waals surface area contributed by atoms with Crippen molar-refractivity contribution in [3.05, 3.63) is 42.2 Å². The zero-order valence-electron chi connectivity index (χ0n) is 23.6. The number of hydrogen-bond acceptors (Lipinski definition) is 6. The summed E-state index contributed by atoms with van der Waals surface area (Å²) in [6, 6.07) is 7.53. The molecule has 230 valence electrons. The molecular formula is C29H34F4N2O5S2. The van der Waals surface area contributed by atoms with Crippen molar-refractivity contribution in [2.75, 3.05) is 25.1 Å². The number of benzene rings is 2. The summed E-state index contributed by atoms with van der Waals surface area (Å²) in [6.45, 7) is 0.743. The van der Waals surface area contributed by atoms with Crippen LogP contribution in [0.15, 0.2) is 46.2 Å². The maximum absolute atomic E-state index is 14.7. The summed E-state index contributed by atoms with van der Waals surface area (Å²) in [5, 5.41) is 9.46. The van der Waals surface area contributed by atoms with E-state index in [-0.39, 0.29) is 34.5 Å². The Morgan fingerprint density at radius 2 is 1.86 bits per heavy atom. The van der Waals surface area contributed by atoms with Gasteiger partial charge in [-0.05, 0) is 75.6 Å². The molecule has 0 bridgehead atoms. The summed E-state index contributed by atoms with van der Waals surface area (Å²) in [5.41, 5.74) is -1.83. The van der Waals surface area contributed by atoms with Crippen LogP contribution in [0.1, 0.15) is 52.4 Å². The Kier molecular flexibility index (Phi) is 8.02. The van der Waals surface area contributed by atoms with Gasteiger partial charge in [-0.15, -0.1) is 11.8 Å². The van der Waals surface area contributed by atoms with Gasteiger partial charge in [0.2, 0.25) is 21.6 Å². The lowest BCUT2D eigenvalue weighted by Gasteiger charge is -2.36. The number of likely N-dealkylation sites (N-methyl/N-ethyl adjacent to an activating group) is 1. The quantitative estimate of drug-likeness (QED) is 0.295. The molecule has 2 atom stereocenters. The van der Waals surface area contributed by atoms with Gasteiger partial charge in [0.1, 0.15) is 23.1 Å². The predicted molar refractivity (Wildman–Crippen MR) is 152 cm³/mol. The molecule has 2 saturated carbocycles. The number of alkyl halides is 3. The van der Waals surface area contributed by atoms with Gasteiger partial charge in [0.05, 0.1) is 10.6 Å². The highest BCUT2D eigenvalue weighted by Gasteiger charge is 2.53. The molecule has 42 heavy (non-hydrogen) atoms. The summed E-state index contributed by atoms with van der Waals surface area (Å²) in [4.78, 5) is 13.3. The molecule has 0 amide bonds. The molecule has 13 heteroatoms. The smallest absolute Gasteiger partial charge is 0.344 e. The van der Waals surface area contributed by atoms with Crippen molar-refractivity contribution in [3.63, 3.8) is 0 Å². The molecule has 2 aromatic rings. The first-order chi connectivity index (χ1) is 19.5. The van der Waals surface area contributed by atoms with Crippen LogP contribution in [0.2, 0.25) is 0 Å². The highest BCUT2D eigenvalue weighted by molar-refractivity contribution is 8.00. The molecule has 5 rings (SSSR count). The highest BCUT2D eigenvalue weighted by atomic mass is 32.2. The number of aliphatic carboxylic acids is 1. The normalized spacial score (nSPS) is 23.0. The third kappa shape index (κ3) is 6.37. The number of fused-ring (bicyclic) bond motifs is 1. The molecule has 1 aliphatic heterocycles. The summed E-state index contributed by atoms with van der Waals surface area (Å²) < 4.78 is 91.5. The van der Waals surface area contributed by atoms with Gasteiger partial charge in [-0.25, -0.2) is 30.8 Å². The van der Waals surface area contributed by atoms with Crippen LogP contribution in [0, 0.1) is 11.2 Å². The molecule has 7 nitrogen and oxygen atoms in total. The van der Waals surface area contributed by atoms with Crippen LogP contribution in [0.5, 0.6) is 5.75 Å². The van der Waals surface area contributed by atoms with E-state index in [0.717, 1.165) is 43.8 Å². The van der Waals surface area contributed by atoms with Gasteiger partial charge in [0.15, 0.2) is 0 Å². The minimum Gasteiger partial charge on any atom is -0.488 e. The number of anilines is 2. The van der Waals surface area contributed by atoms with E-state index < -0.39 is 52.5 Å². The number of carboxylic acid groups (broad SMARTS) is 1. The first-order valence-corrected chi connectivity index (χ1v) is 16.1. The number of rotatable bonds is 10. The minimum absolute atomic E-state index is 0.00957. The number of nitrogens with zero attached hydrogens (tertiary/aromatic N) is 2. The Morgan fingerprint density at radius 1 is 1.17 bits per heavy atom. The lowest BCUT2D eigenvalue weighted by molar-refractivity contribution is -0.151. The first kappa shape index (κ1) is 30.9. The van der Waals surface area contributed by atoms with Gasteiger partial charge >= 0.3 is 5.97 Å². The summed E-state index contributed by atoms with van der Waals surface area (Å²) in [5.74, 6) is -5.29. The van der Waals surface area contributed by atoms with E-state index in [9.17, 15) is 35.9 Å². The fourth-order valence-corrected chi connectivity index (χ4v) is 8.75. The van der Waals surface area contributed by atoms with Crippen LogP contribution < -0.4 is 9.64 Å². The number of carboxylic acids is 1. The number of ether oxygens (including phenoxy) is 1. The first-order valence-electron chi connectivity index (χ1n) is 13.8. The van der Waals surface area contributed by atoms with Crippen LogP contribution in [-0.2, 0) is 14.8 Å². The fraction of sp³-hybridized carbons (Fsp3) is 0.552. The van der Waals surface area contributed by atoms with Gasteiger partial charge in [0, 0.05) is 43.1 Å². The monoisotopic (exact) mass is 630 g/mol. The lowest BCUT2D eigenvalue weighted by Crippen LogP contribution is -2.41. The van der Waals surface area contributed by atoms with Gasteiger partial charge < -0.3 is 14.7 Å². The molecule has 2 aliphatic carbocycles. The second kappa shape index (κ2) is 10.9. The van der Waals surface area contributed by atoms with E-state index in [1.807, 2.05) is 0 Å². The highest BCUT2D eigenvalue weighted by Crippen LogP contribution is 2.64. The van der Waals surface area contributed by atoms with Crippen LogP contribution in [0.25, 0.3) is 0 Å². The number of sulfonamides is 1. The van der Waals surface area contributed by atoms with Gasteiger partial charge in [0.25, 0.3) is 0 Å². The van der Waals surface area contributed by atoms with E-state index in [4.69, 9.17) is 4.74 Å². The van der Waals surface area contributed by atoms with Gasteiger partial charge in [-0.2, -0.15) is 4.31 Å². The molecular weight excluding hydrogens is 596 g/mol. The molecule has 0 unspecified atom stereocenters. The molecule has 3 aliphatic rings. The Hall–Kier alpha value is -2.51. The van der Waals surface area contributed by atoms with Gasteiger partial charge in [-0.3, -0.25) is 0 Å². The minimum atomic E-state index is -4.31. The second-order valence-electron chi connectivity index (χ2n) is 12.1. The molecule has 2 aromatic carbocycles. The lowest BCUT2D eigenvalue weighted by atomic mass is 9.81. The second-order valence-corrected chi connectivity index (χ2v) is 15.4. The van der Waals surface area contributed by atoms with Crippen molar-refractivity contribution >= 4 is 39.1 Å². The standard InChI is InChI=1S/C29H34F4N2O5S2/c1-27(31,26(36)37)17-40-23-13-25-22(12-24(23)41-21-14-29(15-21)9-10-29)35(19-6-4-5-18(30)11-19)16-20(7-8-28(2,32)33)34(3)42(25,38)39/h4-6,11-13,20-21H,7-10,14-17H2,1-3H3,(H,36,37)/t20-,27+/m0/s1. The molecule has 1 spiro atoms. The van der Waals surface area contributed by atoms with Crippen LogP contribution in [-0.4, -0.2) is 66.9 Å². The van der Waals surface area contributed by atoms with Crippen molar-refractivity contribution < 1.29 is 40.6 Å². The largest absolute Gasteiger partial charge is 0.488 e. The van der Waals surface area contributed by atoms with E-state index in [2.05, 4.69) is 0 Å². The third-order valence-electron chi connectivity index (χ3n) is 8.43. The summed E-state index contributed by atoms with van der Waals surface area (Å²) in [6.07, 6.45) is 3.53. The Labute approximate surface area is 247 Å². The molecule has 0 aromatic heterocycles. The Balaban J connectivity index is 1.62. The van der Waals surface area contributed by atoms with Crippen molar-refractivity contribution in [1.29, 1.82) is 0 Å². The maximum Gasteiger partial charge on any atom is 0.344 e. The van der Waals surface area contributed by atoms with Crippen molar-refractivity contribution in [3.8, 4) is 5.75 Å². The third-order valence-corrected chi connectivity index (χ3v) is 11.6. The van der Waals surface area contributed by atoms with Crippen molar-refractivity contribution in [2.45, 2.75) is 85.0 Å². The van der Waals surface area contributed by atoms with E-state index in [1.165, 1.54) is 43.1 Å². The van der Waals surface area contributed by atoms with Crippen LogP contribution in [0.4, 0.5) is 28.9 Å². The fourth-order valence-electron chi connectivity index (χ4n) is 5.54. The average molecular weight is 631 g/mol. The summed E-state index contributed by atoms with van der Waals surface area (Å²) >= 11 is 1.45. The SMILES string of the molecule is CN1[C@@H](CCC(C)(F)F)CN(c2cccc(F)c2)c2cc(SC3CC4(CC4)C3)c(OC[C@@](C)(F)C(=O)O)cc2S1(=O)=O. The predicted octanol–water partition coefficient (Wildman–Crippen LogP) is 6.63. The number of halogens is 4. The van der Waals surface area contributed by atoms with Crippen LogP contribution in [0.3, 0.4) is 0 Å². The van der Waals surface area contributed by atoms with Crippen molar-refractivity contribution in [2.24, 2.45) is 5.41 Å². The van der Waals surface area contributed by atoms with Crippen LogP contribution >= 0.6 is 11.8 Å². The molecule has 0 radical (unpaired) electrons. The molecule has 1 heterocycles. The number of carbonyl (C=O) groups is 1. The Morgan fingerprint density at radius 3 is 2.45 bits per heavy atom. The Bertz CT molecular complexity index is 1470. The van der Waals surface area contributed by atoms with Gasteiger partial charge in [-0.1, -0.05) is 6.07 Å². The zero-order chi connectivity index (χ0) is 30.7. The number of hydrogen-bond donors (Lipinski definition) is 1. The maximum atomic E-state index is 14.7. The molecule has 2 fully saturated rings. The number of thioether (sulfide) groups is 1. The van der Waals surface area contributed by atoms with E-state index >= 15 is 0 Å². The van der Waals surface area contributed by atoms with Crippen molar-refractivity contribution in [1.82, 2.24) is 4.31 Å². The van der Waals surface area contributed by atoms with E-state index in [0.29, 0.717) is 16.0 Å². The zero-order valence-corrected chi connectivity index (χ0v) is 25.2. The molecule has 0 saturated heterocycles. The average Bonchev–Trinajstić information content (AvgIpc) is 3.68. The summed E-state index contributed by atoms with van der Waals surface area (Å²) in [7, 11) is -3.00.